The molecule has 27 heavy (non-hydrogen) atoms. The summed E-state index contributed by atoms with van der Waals surface area (Å²) in [7, 11) is 1.35. The summed E-state index contributed by atoms with van der Waals surface area (Å²) in [5, 5.41) is 6.70. The maximum atomic E-state index is 11.4. The van der Waals surface area contributed by atoms with E-state index in [4.69, 9.17) is 16.3 Å². The Labute approximate surface area is 162 Å². The quantitative estimate of drug-likeness (QED) is 0.816. The molecule has 2 fully saturated rings. The predicted octanol–water partition coefficient (Wildman–Crippen LogP) is 3.44. The van der Waals surface area contributed by atoms with Gasteiger partial charge in [-0.25, -0.2) is 14.8 Å². The molecule has 2 N–H and O–H groups in total. The highest BCUT2D eigenvalue weighted by atomic mass is 35.5. The maximum absolute atomic E-state index is 11.4. The third-order valence-electron chi connectivity index (χ3n) is 4.71. The van der Waals surface area contributed by atoms with E-state index in [1.54, 1.807) is 6.33 Å². The van der Waals surface area contributed by atoms with Crippen LogP contribution in [0.2, 0.25) is 5.02 Å². The van der Waals surface area contributed by atoms with Crippen molar-refractivity contribution in [3.8, 4) is 17.0 Å². The van der Waals surface area contributed by atoms with Gasteiger partial charge in [0.2, 0.25) is 0 Å². The Morgan fingerprint density at radius 3 is 2.81 bits per heavy atom. The van der Waals surface area contributed by atoms with Gasteiger partial charge in [-0.15, -0.1) is 0 Å². The van der Waals surface area contributed by atoms with E-state index >= 15 is 0 Å². The van der Waals surface area contributed by atoms with Crippen LogP contribution in [0.4, 0.5) is 4.79 Å². The molecule has 8 heteroatoms. The molecule has 2 aromatic rings. The number of rotatable bonds is 5. The lowest BCUT2D eigenvalue weighted by atomic mass is 10.1. The molecular weight excluding hydrogens is 368 g/mol. The number of methoxy groups -OCH3 is 1. The van der Waals surface area contributed by atoms with Crippen LogP contribution in [0.5, 0.6) is 5.75 Å². The van der Waals surface area contributed by atoms with Crippen molar-refractivity contribution in [3.63, 3.8) is 0 Å². The number of ether oxygens (including phenoxy) is 2. The topological polar surface area (TPSA) is 85.4 Å². The van der Waals surface area contributed by atoms with E-state index in [9.17, 15) is 4.79 Å². The van der Waals surface area contributed by atoms with E-state index in [2.05, 4.69) is 25.3 Å². The highest BCUT2D eigenvalue weighted by molar-refractivity contribution is 6.32. The summed E-state index contributed by atoms with van der Waals surface area (Å²) in [4.78, 5) is 20.1. The van der Waals surface area contributed by atoms with Gasteiger partial charge in [0.15, 0.2) is 0 Å². The number of aromatic nitrogens is 2. The zero-order valence-electron chi connectivity index (χ0n) is 14.9. The minimum absolute atomic E-state index is 0.0434. The second-order valence-corrected chi connectivity index (χ2v) is 7.18. The van der Waals surface area contributed by atoms with Crippen LogP contribution in [0, 0.1) is 0 Å². The lowest BCUT2D eigenvalue weighted by Crippen LogP contribution is -2.41. The number of benzene rings is 1. The molecule has 1 aliphatic carbocycles. The Kier molecular flexibility index (Phi) is 5.13. The van der Waals surface area contributed by atoms with E-state index in [0.29, 0.717) is 16.9 Å². The van der Waals surface area contributed by atoms with E-state index in [1.807, 2.05) is 24.3 Å². The van der Waals surface area contributed by atoms with Crippen molar-refractivity contribution < 1.29 is 14.3 Å². The van der Waals surface area contributed by atoms with Crippen molar-refractivity contribution in [2.75, 3.05) is 7.11 Å². The van der Waals surface area contributed by atoms with Crippen LogP contribution in [0.15, 0.2) is 30.6 Å². The fourth-order valence-corrected chi connectivity index (χ4v) is 3.36. The Balaban J connectivity index is 1.48. The lowest BCUT2D eigenvalue weighted by molar-refractivity contribution is 0.165. The van der Waals surface area contributed by atoms with Crippen LogP contribution >= 0.6 is 11.6 Å². The van der Waals surface area contributed by atoms with Gasteiger partial charge in [0.25, 0.3) is 0 Å². The normalized spacial score (nSPS) is 21.7. The minimum atomic E-state index is -0.445. The van der Waals surface area contributed by atoms with E-state index < -0.39 is 6.09 Å². The molecular formula is C19H21ClN4O3. The molecule has 0 radical (unpaired) electrons. The Hall–Kier alpha value is -2.38. The predicted molar refractivity (Wildman–Crippen MR) is 101 cm³/mol. The smallest absolute Gasteiger partial charge is 0.408 e. The fraction of sp³-hybridized carbons (Fsp3) is 0.421. The first-order valence-corrected chi connectivity index (χ1v) is 9.39. The van der Waals surface area contributed by atoms with Gasteiger partial charge in [-0.1, -0.05) is 11.6 Å². The number of nitrogens with zero attached hydrogens (tertiary/aromatic N) is 2. The molecule has 0 bridgehead atoms. The summed E-state index contributed by atoms with van der Waals surface area (Å²) in [6.07, 6.45) is 5.13. The van der Waals surface area contributed by atoms with Gasteiger partial charge >= 0.3 is 6.09 Å². The molecule has 1 aromatic carbocycles. The summed E-state index contributed by atoms with van der Waals surface area (Å²) in [5.74, 6) is 0.714. The summed E-state index contributed by atoms with van der Waals surface area (Å²) in [5.41, 5.74) is 2.59. The number of carbonyl (C=O) groups is 1. The largest absolute Gasteiger partial charge is 0.489 e. The van der Waals surface area contributed by atoms with Crippen LogP contribution in [0.25, 0.3) is 11.3 Å². The number of hydrogen-bond donors (Lipinski definition) is 2. The van der Waals surface area contributed by atoms with Crippen molar-refractivity contribution >= 4 is 17.7 Å². The zero-order valence-corrected chi connectivity index (χ0v) is 15.7. The summed E-state index contributed by atoms with van der Waals surface area (Å²) in [6.45, 7) is 0. The first kappa shape index (κ1) is 18.0. The minimum Gasteiger partial charge on any atom is -0.489 e. The third-order valence-corrected chi connectivity index (χ3v) is 5.01. The second-order valence-electron chi connectivity index (χ2n) is 6.78. The van der Waals surface area contributed by atoms with E-state index in [-0.39, 0.29) is 12.2 Å². The SMILES string of the molecule is COC(=O)NC1CCC(c2cc(-c3ccc(OC4CC4)c(Cl)c3)ncn2)N1. The lowest BCUT2D eigenvalue weighted by Gasteiger charge is -2.15. The van der Waals surface area contributed by atoms with Crippen molar-refractivity contribution in [3.05, 3.63) is 41.3 Å². The molecule has 1 aromatic heterocycles. The average molecular weight is 389 g/mol. The molecule has 7 nitrogen and oxygen atoms in total. The first-order valence-electron chi connectivity index (χ1n) is 9.01. The van der Waals surface area contributed by atoms with Crippen molar-refractivity contribution in [1.29, 1.82) is 0 Å². The molecule has 1 saturated carbocycles. The Bertz CT molecular complexity index is 843. The first-order chi connectivity index (χ1) is 13.1. The third kappa shape index (κ3) is 4.31. The van der Waals surface area contributed by atoms with Crippen LogP contribution in [0.1, 0.15) is 37.4 Å². The highest BCUT2D eigenvalue weighted by Crippen LogP contribution is 2.35. The van der Waals surface area contributed by atoms with Crippen LogP contribution in [-0.2, 0) is 4.74 Å². The van der Waals surface area contributed by atoms with Crippen LogP contribution in [-0.4, -0.2) is 35.4 Å². The molecule has 2 aliphatic rings. The highest BCUT2D eigenvalue weighted by Gasteiger charge is 2.28. The number of alkyl carbamates (subject to hydrolysis) is 1. The summed E-state index contributed by atoms with van der Waals surface area (Å²) >= 11 is 6.37. The molecule has 4 rings (SSSR count). The molecule has 1 saturated heterocycles. The molecule has 1 amide bonds. The van der Waals surface area contributed by atoms with Crippen molar-refractivity contribution in [2.45, 2.75) is 44.0 Å². The molecule has 2 atom stereocenters. The molecule has 0 spiro atoms. The van der Waals surface area contributed by atoms with Gasteiger partial charge in [-0.3, -0.25) is 5.32 Å². The zero-order chi connectivity index (χ0) is 18.8. The standard InChI is InChI=1S/C19H21ClN4O3/c1-26-19(25)24-18-7-5-14(23-18)16-9-15(21-10-22-16)11-2-6-17(13(20)8-11)27-12-3-4-12/h2,6,8-10,12,14,18,23H,3-5,7H2,1H3,(H,24,25). The fourth-order valence-electron chi connectivity index (χ4n) is 3.13. The van der Waals surface area contributed by atoms with Crippen molar-refractivity contribution in [1.82, 2.24) is 20.6 Å². The van der Waals surface area contributed by atoms with Gasteiger partial charge in [0, 0.05) is 5.56 Å². The van der Waals surface area contributed by atoms with Gasteiger partial charge in [0.05, 0.1) is 41.8 Å². The van der Waals surface area contributed by atoms with Crippen LogP contribution in [0.3, 0.4) is 0 Å². The van der Waals surface area contributed by atoms with Gasteiger partial charge in [-0.2, -0.15) is 0 Å². The summed E-state index contributed by atoms with van der Waals surface area (Å²) in [6, 6.07) is 7.71. The van der Waals surface area contributed by atoms with Gasteiger partial charge < -0.3 is 14.8 Å². The van der Waals surface area contributed by atoms with E-state index in [1.165, 1.54) is 7.11 Å². The number of hydrogen-bond acceptors (Lipinski definition) is 6. The molecule has 142 valence electrons. The maximum Gasteiger partial charge on any atom is 0.408 e. The number of halogens is 1. The molecule has 1 aliphatic heterocycles. The second kappa shape index (κ2) is 7.70. The monoisotopic (exact) mass is 388 g/mol. The van der Waals surface area contributed by atoms with Crippen molar-refractivity contribution in [2.24, 2.45) is 0 Å². The van der Waals surface area contributed by atoms with Gasteiger partial charge in [0.1, 0.15) is 12.1 Å². The average Bonchev–Trinajstić information content (AvgIpc) is 3.39. The Morgan fingerprint density at radius 1 is 1.22 bits per heavy atom. The van der Waals surface area contributed by atoms with E-state index in [0.717, 1.165) is 42.6 Å². The summed E-state index contributed by atoms with van der Waals surface area (Å²) < 4.78 is 10.4. The number of nitrogens with one attached hydrogen (secondary N) is 2. The number of carbonyl (C=O) groups excluding carboxylic acids is 1. The Morgan fingerprint density at radius 2 is 2.07 bits per heavy atom. The van der Waals surface area contributed by atoms with Crippen LogP contribution < -0.4 is 15.4 Å². The van der Waals surface area contributed by atoms with Gasteiger partial charge in [-0.05, 0) is 49.9 Å². The molecule has 2 unspecified atom stereocenters. The number of amides is 1. The molecule has 2 heterocycles.